The van der Waals surface area contributed by atoms with Crippen molar-refractivity contribution in [3.63, 3.8) is 0 Å². The Morgan fingerprint density at radius 2 is 1.58 bits per heavy atom. The highest BCUT2D eigenvalue weighted by Gasteiger charge is 2.46. The van der Waals surface area contributed by atoms with Crippen LogP contribution in [0.3, 0.4) is 0 Å². The molecule has 1 aliphatic heterocycles. The molecule has 0 spiro atoms. The average Bonchev–Trinajstić information content (AvgIpc) is 2.30. The fraction of sp³-hybridized carbons (Fsp3) is 1.00. The van der Waals surface area contributed by atoms with Gasteiger partial charge in [0.05, 0.1) is 0 Å². The second-order valence-corrected chi connectivity index (χ2v) is 7.83. The fourth-order valence-electron chi connectivity index (χ4n) is 4.52. The van der Waals surface area contributed by atoms with Crippen molar-refractivity contribution in [2.24, 2.45) is 17.1 Å². The second kappa shape index (κ2) is 6.13. The van der Waals surface area contributed by atoms with E-state index in [2.05, 4.69) is 25.7 Å². The predicted octanol–water partition coefficient (Wildman–Crippen LogP) is 3.80. The van der Waals surface area contributed by atoms with Crippen LogP contribution in [0, 0.1) is 11.3 Å². The normalized spacial score (nSPS) is 37.6. The van der Waals surface area contributed by atoms with Crippen LogP contribution in [-0.2, 0) is 0 Å². The van der Waals surface area contributed by atoms with Gasteiger partial charge in [-0.25, -0.2) is 0 Å². The van der Waals surface area contributed by atoms with Crippen LogP contribution in [0.2, 0.25) is 0 Å². The van der Waals surface area contributed by atoms with E-state index in [9.17, 15) is 0 Å². The van der Waals surface area contributed by atoms with Crippen molar-refractivity contribution in [1.82, 2.24) is 4.90 Å². The van der Waals surface area contributed by atoms with Gasteiger partial charge in [-0.15, -0.1) is 0 Å². The number of hydrogen-bond acceptors (Lipinski definition) is 2. The summed E-state index contributed by atoms with van der Waals surface area (Å²) in [4.78, 5) is 2.78. The van der Waals surface area contributed by atoms with Gasteiger partial charge in [0.25, 0.3) is 0 Å². The summed E-state index contributed by atoms with van der Waals surface area (Å²) < 4.78 is 0. The van der Waals surface area contributed by atoms with Crippen LogP contribution in [0.25, 0.3) is 0 Å². The van der Waals surface area contributed by atoms with E-state index in [0.717, 1.165) is 12.5 Å². The Bertz CT molecular complexity index is 279. The zero-order valence-corrected chi connectivity index (χ0v) is 13.4. The second-order valence-electron chi connectivity index (χ2n) is 7.83. The molecule has 0 aromatic carbocycles. The molecule has 0 aromatic rings. The lowest BCUT2D eigenvalue weighted by molar-refractivity contribution is -0.0260. The first-order chi connectivity index (χ1) is 9.00. The van der Waals surface area contributed by atoms with Gasteiger partial charge in [0.1, 0.15) is 0 Å². The Hall–Kier alpha value is -0.0800. The van der Waals surface area contributed by atoms with Crippen molar-refractivity contribution in [1.29, 1.82) is 0 Å². The van der Waals surface area contributed by atoms with Gasteiger partial charge < -0.3 is 5.73 Å². The lowest BCUT2D eigenvalue weighted by Gasteiger charge is -2.54. The van der Waals surface area contributed by atoms with Crippen molar-refractivity contribution in [2.45, 2.75) is 77.7 Å². The first-order valence-electron chi connectivity index (χ1n) is 8.45. The molecule has 0 aromatic heterocycles. The molecule has 0 radical (unpaired) electrons. The molecule has 0 bridgehead atoms. The van der Waals surface area contributed by atoms with E-state index in [4.69, 9.17) is 5.73 Å². The Kier molecular flexibility index (Phi) is 4.94. The first kappa shape index (κ1) is 15.3. The standard InChI is InChI=1S/C17H34N2/c1-15-13-16(2,3)9-10-17(15,14-18)19-11-7-5-4-6-8-12-19/h15H,4-14,18H2,1-3H3. The van der Waals surface area contributed by atoms with E-state index in [-0.39, 0.29) is 0 Å². The van der Waals surface area contributed by atoms with Crippen molar-refractivity contribution in [3.05, 3.63) is 0 Å². The molecule has 112 valence electrons. The van der Waals surface area contributed by atoms with E-state index in [1.165, 1.54) is 64.5 Å². The molecule has 0 amide bonds. The minimum atomic E-state index is 0.298. The van der Waals surface area contributed by atoms with Crippen LogP contribution in [-0.4, -0.2) is 30.1 Å². The van der Waals surface area contributed by atoms with E-state index in [1.807, 2.05) is 0 Å². The molecule has 19 heavy (non-hydrogen) atoms. The maximum absolute atomic E-state index is 6.30. The molecule has 2 fully saturated rings. The summed E-state index contributed by atoms with van der Waals surface area (Å²) in [5, 5.41) is 0. The quantitative estimate of drug-likeness (QED) is 0.824. The number of likely N-dealkylation sites (tertiary alicyclic amines) is 1. The van der Waals surface area contributed by atoms with Gasteiger partial charge in [-0.05, 0) is 56.5 Å². The van der Waals surface area contributed by atoms with E-state index in [1.54, 1.807) is 0 Å². The first-order valence-corrected chi connectivity index (χ1v) is 8.45. The third-order valence-corrected chi connectivity index (χ3v) is 5.85. The highest BCUT2D eigenvalue weighted by molar-refractivity contribution is 5.02. The SMILES string of the molecule is CC1CC(C)(C)CCC1(CN)N1CCCCCCC1. The highest BCUT2D eigenvalue weighted by Crippen LogP contribution is 2.46. The van der Waals surface area contributed by atoms with Crippen LogP contribution in [0.4, 0.5) is 0 Å². The molecule has 2 aliphatic rings. The van der Waals surface area contributed by atoms with Crippen LogP contribution in [0.5, 0.6) is 0 Å². The molecule has 1 heterocycles. The van der Waals surface area contributed by atoms with Crippen molar-refractivity contribution >= 4 is 0 Å². The van der Waals surface area contributed by atoms with Crippen molar-refractivity contribution in [2.75, 3.05) is 19.6 Å². The fourth-order valence-corrected chi connectivity index (χ4v) is 4.52. The summed E-state index contributed by atoms with van der Waals surface area (Å²) >= 11 is 0. The highest BCUT2D eigenvalue weighted by atomic mass is 15.2. The molecule has 2 rings (SSSR count). The molecule has 2 heteroatoms. The molecule has 2 N–H and O–H groups in total. The third-order valence-electron chi connectivity index (χ3n) is 5.85. The van der Waals surface area contributed by atoms with Gasteiger partial charge in [0, 0.05) is 12.1 Å². The van der Waals surface area contributed by atoms with Gasteiger partial charge in [0.2, 0.25) is 0 Å². The van der Waals surface area contributed by atoms with Gasteiger partial charge >= 0.3 is 0 Å². The molecule has 1 saturated heterocycles. The zero-order chi connectivity index (χ0) is 13.9. The molecule has 1 saturated carbocycles. The molecule has 2 unspecified atom stereocenters. The number of rotatable bonds is 2. The Balaban J connectivity index is 2.11. The molecule has 2 nitrogen and oxygen atoms in total. The minimum Gasteiger partial charge on any atom is -0.329 e. The third kappa shape index (κ3) is 3.33. The van der Waals surface area contributed by atoms with E-state index >= 15 is 0 Å². The van der Waals surface area contributed by atoms with Crippen LogP contribution in [0.15, 0.2) is 0 Å². The number of nitrogens with two attached hydrogens (primary N) is 1. The van der Waals surface area contributed by atoms with Crippen LogP contribution < -0.4 is 5.73 Å². The summed E-state index contributed by atoms with van der Waals surface area (Å²) in [6.07, 6.45) is 11.0. The molecular formula is C17H34N2. The van der Waals surface area contributed by atoms with Gasteiger partial charge in [-0.2, -0.15) is 0 Å². The topological polar surface area (TPSA) is 29.3 Å². The Morgan fingerprint density at radius 3 is 2.11 bits per heavy atom. The summed E-state index contributed by atoms with van der Waals surface area (Å²) in [5.41, 5.74) is 7.11. The summed E-state index contributed by atoms with van der Waals surface area (Å²) in [7, 11) is 0. The zero-order valence-electron chi connectivity index (χ0n) is 13.4. The summed E-state index contributed by atoms with van der Waals surface area (Å²) in [6, 6.07) is 0. The molecule has 2 atom stereocenters. The maximum atomic E-state index is 6.30. The summed E-state index contributed by atoms with van der Waals surface area (Å²) in [5.74, 6) is 0.737. The van der Waals surface area contributed by atoms with Gasteiger partial charge in [-0.1, -0.05) is 40.0 Å². The van der Waals surface area contributed by atoms with Gasteiger partial charge in [0.15, 0.2) is 0 Å². The van der Waals surface area contributed by atoms with Gasteiger partial charge in [-0.3, -0.25) is 4.90 Å². The number of hydrogen-bond donors (Lipinski definition) is 1. The van der Waals surface area contributed by atoms with Crippen molar-refractivity contribution in [3.8, 4) is 0 Å². The van der Waals surface area contributed by atoms with Crippen molar-refractivity contribution < 1.29 is 0 Å². The molecule has 1 aliphatic carbocycles. The Morgan fingerprint density at radius 1 is 1.00 bits per heavy atom. The maximum Gasteiger partial charge on any atom is 0.0357 e. The number of nitrogens with zero attached hydrogens (tertiary/aromatic N) is 1. The van der Waals surface area contributed by atoms with E-state index < -0.39 is 0 Å². The lowest BCUT2D eigenvalue weighted by atomic mass is 9.63. The average molecular weight is 266 g/mol. The Labute approximate surface area is 120 Å². The van der Waals surface area contributed by atoms with E-state index in [0.29, 0.717) is 11.0 Å². The minimum absolute atomic E-state index is 0.298. The molecular weight excluding hydrogens is 232 g/mol. The predicted molar refractivity (Wildman–Crippen MR) is 83.2 cm³/mol. The largest absolute Gasteiger partial charge is 0.329 e. The smallest absolute Gasteiger partial charge is 0.0357 e. The summed E-state index contributed by atoms with van der Waals surface area (Å²) in [6.45, 7) is 10.7. The monoisotopic (exact) mass is 266 g/mol. The lowest BCUT2D eigenvalue weighted by Crippen LogP contribution is -2.61. The van der Waals surface area contributed by atoms with Crippen LogP contribution in [0.1, 0.15) is 72.1 Å². The van der Waals surface area contributed by atoms with Crippen LogP contribution >= 0.6 is 0 Å².